The van der Waals surface area contributed by atoms with Gasteiger partial charge >= 0.3 is 0 Å². The smallest absolute Gasteiger partial charge is 0.244 e. The number of carbonyl (C=O) groups excluding carboxylic acids is 2. The fraction of sp³-hybridized carbons (Fsp3) is 0.417. The number of anilines is 1. The van der Waals surface area contributed by atoms with Crippen molar-refractivity contribution in [3.63, 3.8) is 0 Å². The van der Waals surface area contributed by atoms with Crippen molar-refractivity contribution in [2.24, 2.45) is 5.92 Å². The van der Waals surface area contributed by atoms with Crippen molar-refractivity contribution in [2.75, 3.05) is 23.7 Å². The second-order valence-corrected chi connectivity index (χ2v) is 11.6. The molecular weight excluding hydrogens is 533 g/mol. The lowest BCUT2D eigenvalue weighted by Crippen LogP contribution is -2.52. The Morgan fingerprint density at radius 1 is 0.971 bits per heavy atom. The second kappa shape index (κ2) is 12.8. The first-order chi connectivity index (χ1) is 16.4. The third kappa shape index (κ3) is 8.00. The Kier molecular flexibility index (Phi) is 10.7. The molecule has 192 valence electrons. The van der Waals surface area contributed by atoms with Gasteiger partial charge in [-0.3, -0.25) is 13.9 Å². The van der Waals surface area contributed by atoms with Gasteiger partial charge in [0.2, 0.25) is 21.8 Å². The number of para-hydroxylation sites is 1. The summed E-state index contributed by atoms with van der Waals surface area (Å²) in [6.45, 7) is 5.49. The van der Waals surface area contributed by atoms with Gasteiger partial charge in [0.05, 0.1) is 17.0 Å². The van der Waals surface area contributed by atoms with Crippen molar-refractivity contribution in [3.8, 4) is 0 Å². The number of benzene rings is 2. The fourth-order valence-electron chi connectivity index (χ4n) is 3.44. The van der Waals surface area contributed by atoms with E-state index in [1.165, 1.54) is 17.0 Å². The van der Waals surface area contributed by atoms with Gasteiger partial charge in [-0.15, -0.1) is 0 Å². The number of nitrogens with one attached hydrogen (secondary N) is 1. The van der Waals surface area contributed by atoms with Crippen LogP contribution in [0.1, 0.15) is 32.8 Å². The van der Waals surface area contributed by atoms with Gasteiger partial charge in [0.1, 0.15) is 12.6 Å². The molecule has 11 heteroatoms. The minimum absolute atomic E-state index is 0.0783. The second-order valence-electron chi connectivity index (χ2n) is 8.51. The van der Waals surface area contributed by atoms with Crippen LogP contribution in [-0.4, -0.2) is 50.5 Å². The van der Waals surface area contributed by atoms with E-state index in [1.807, 2.05) is 13.8 Å². The van der Waals surface area contributed by atoms with E-state index in [4.69, 9.17) is 34.8 Å². The van der Waals surface area contributed by atoms with Gasteiger partial charge in [0.25, 0.3) is 0 Å². The van der Waals surface area contributed by atoms with E-state index in [0.717, 1.165) is 10.6 Å². The molecule has 0 radical (unpaired) electrons. The Balaban J connectivity index is 2.50. The molecule has 0 fully saturated rings. The topological polar surface area (TPSA) is 86.8 Å². The summed E-state index contributed by atoms with van der Waals surface area (Å²) in [6.07, 6.45) is 1.29. The number of halogens is 3. The highest BCUT2D eigenvalue weighted by atomic mass is 35.5. The monoisotopic (exact) mass is 561 g/mol. The van der Waals surface area contributed by atoms with Crippen LogP contribution in [0.3, 0.4) is 0 Å². The zero-order valence-corrected chi connectivity index (χ0v) is 23.2. The number of hydrogen-bond donors (Lipinski definition) is 1. The van der Waals surface area contributed by atoms with Gasteiger partial charge in [-0.25, -0.2) is 8.42 Å². The summed E-state index contributed by atoms with van der Waals surface area (Å²) in [5, 5.41) is 3.69. The normalized spacial score (nSPS) is 12.3. The molecule has 7 nitrogen and oxygen atoms in total. The molecule has 0 aliphatic carbocycles. The van der Waals surface area contributed by atoms with E-state index in [2.05, 4.69) is 5.32 Å². The van der Waals surface area contributed by atoms with E-state index >= 15 is 0 Å². The highest BCUT2D eigenvalue weighted by Crippen LogP contribution is 2.29. The largest absolute Gasteiger partial charge is 0.354 e. The summed E-state index contributed by atoms with van der Waals surface area (Å²) < 4.78 is 26.2. The number of rotatable bonds is 11. The van der Waals surface area contributed by atoms with Crippen LogP contribution in [0.5, 0.6) is 0 Å². The van der Waals surface area contributed by atoms with Crippen LogP contribution in [0.2, 0.25) is 15.1 Å². The Morgan fingerprint density at radius 3 is 2.06 bits per heavy atom. The quantitative estimate of drug-likeness (QED) is 0.418. The van der Waals surface area contributed by atoms with Crippen molar-refractivity contribution in [3.05, 3.63) is 63.1 Å². The Morgan fingerprint density at radius 2 is 1.54 bits per heavy atom. The summed E-state index contributed by atoms with van der Waals surface area (Å²) in [4.78, 5) is 28.1. The summed E-state index contributed by atoms with van der Waals surface area (Å²) in [5.41, 5.74) is 0.626. The number of sulfonamides is 1. The van der Waals surface area contributed by atoms with Crippen LogP contribution in [0.25, 0.3) is 0 Å². The number of nitrogens with zero attached hydrogens (tertiary/aromatic N) is 2. The summed E-state index contributed by atoms with van der Waals surface area (Å²) in [5.74, 6) is -0.737. The molecule has 0 spiro atoms. The molecule has 0 aliphatic heterocycles. The molecule has 0 unspecified atom stereocenters. The fourth-order valence-corrected chi connectivity index (χ4v) is 5.11. The predicted octanol–water partition coefficient (Wildman–Crippen LogP) is 4.99. The maximum atomic E-state index is 13.7. The van der Waals surface area contributed by atoms with Gasteiger partial charge in [-0.2, -0.15) is 0 Å². The Hall–Kier alpha value is -2.00. The highest BCUT2D eigenvalue weighted by molar-refractivity contribution is 7.92. The summed E-state index contributed by atoms with van der Waals surface area (Å²) in [6, 6.07) is 10.4. The first-order valence-electron chi connectivity index (χ1n) is 11.1. The molecule has 0 aromatic heterocycles. The van der Waals surface area contributed by atoms with Gasteiger partial charge < -0.3 is 10.2 Å². The van der Waals surface area contributed by atoms with E-state index in [1.54, 1.807) is 37.3 Å². The summed E-state index contributed by atoms with van der Waals surface area (Å²) in [7, 11) is -3.88. The van der Waals surface area contributed by atoms with E-state index < -0.39 is 28.5 Å². The maximum absolute atomic E-state index is 13.7. The maximum Gasteiger partial charge on any atom is 0.244 e. The molecule has 0 aliphatic rings. The van der Waals surface area contributed by atoms with Crippen LogP contribution >= 0.6 is 34.8 Å². The average molecular weight is 563 g/mol. The molecule has 2 aromatic carbocycles. The molecule has 2 aromatic rings. The molecule has 0 bridgehead atoms. The third-order valence-corrected chi connectivity index (χ3v) is 7.42. The van der Waals surface area contributed by atoms with Crippen LogP contribution in [-0.2, 0) is 26.2 Å². The lowest BCUT2D eigenvalue weighted by molar-refractivity contribution is -0.140. The lowest BCUT2D eigenvalue weighted by atomic mass is 10.1. The first kappa shape index (κ1) is 29.2. The van der Waals surface area contributed by atoms with Crippen molar-refractivity contribution in [2.45, 2.75) is 39.8 Å². The number of amides is 2. The Bertz CT molecular complexity index is 1140. The SMILES string of the molecule is CC[C@H](C(=O)NCC(C)C)N(Cc1c(Cl)cccc1Cl)C(=O)CN(c1ccccc1Cl)S(C)(=O)=O. The third-order valence-electron chi connectivity index (χ3n) is 5.26. The van der Waals surface area contributed by atoms with Crippen LogP contribution in [0.4, 0.5) is 5.69 Å². The molecular formula is C24H30Cl3N3O4S. The molecule has 2 rings (SSSR count). The molecule has 1 N–H and O–H groups in total. The number of carbonyl (C=O) groups is 2. The number of hydrogen-bond acceptors (Lipinski definition) is 4. The van der Waals surface area contributed by atoms with Crippen LogP contribution < -0.4 is 9.62 Å². The van der Waals surface area contributed by atoms with E-state index in [9.17, 15) is 18.0 Å². The lowest BCUT2D eigenvalue weighted by Gasteiger charge is -2.33. The molecule has 0 saturated carbocycles. The van der Waals surface area contributed by atoms with Crippen molar-refractivity contribution in [1.82, 2.24) is 10.2 Å². The highest BCUT2D eigenvalue weighted by Gasteiger charge is 2.33. The van der Waals surface area contributed by atoms with E-state index in [-0.39, 0.29) is 29.1 Å². The standard InChI is InChI=1S/C24H30Cl3N3O4S/c1-5-21(24(32)28-13-16(2)3)29(14-17-18(25)10-8-11-19(17)26)23(31)15-30(35(4,33)34)22-12-7-6-9-20(22)27/h6-12,16,21H,5,13-15H2,1-4H3,(H,28,32)/t21-/m1/s1. The molecule has 1 atom stereocenters. The predicted molar refractivity (Wildman–Crippen MR) is 143 cm³/mol. The van der Waals surface area contributed by atoms with Gasteiger partial charge in [-0.1, -0.05) is 73.8 Å². The molecule has 2 amide bonds. The van der Waals surface area contributed by atoms with Crippen molar-refractivity contribution < 1.29 is 18.0 Å². The van der Waals surface area contributed by atoms with Crippen molar-refractivity contribution >= 4 is 62.3 Å². The van der Waals surface area contributed by atoms with Crippen molar-refractivity contribution in [1.29, 1.82) is 0 Å². The summed E-state index contributed by atoms with van der Waals surface area (Å²) >= 11 is 19.0. The van der Waals surface area contributed by atoms with Gasteiger partial charge in [-0.05, 0) is 36.6 Å². The Labute approximate surface area is 222 Å². The van der Waals surface area contributed by atoms with Gasteiger partial charge in [0.15, 0.2) is 0 Å². The van der Waals surface area contributed by atoms with Gasteiger partial charge in [0, 0.05) is 28.7 Å². The minimum Gasteiger partial charge on any atom is -0.354 e. The molecule has 0 heterocycles. The molecule has 0 saturated heterocycles. The zero-order valence-electron chi connectivity index (χ0n) is 20.1. The first-order valence-corrected chi connectivity index (χ1v) is 14.1. The van der Waals surface area contributed by atoms with Crippen LogP contribution in [0, 0.1) is 5.92 Å². The molecule has 35 heavy (non-hydrogen) atoms. The zero-order chi connectivity index (χ0) is 26.3. The average Bonchev–Trinajstić information content (AvgIpc) is 2.77. The minimum atomic E-state index is -3.88. The van der Waals surface area contributed by atoms with E-state index in [0.29, 0.717) is 28.6 Å². The van der Waals surface area contributed by atoms with Crippen LogP contribution in [0.15, 0.2) is 42.5 Å².